The Balaban J connectivity index is 2.35. The zero-order valence-electron chi connectivity index (χ0n) is 13.5. The smallest absolute Gasteiger partial charge is 0.191 e. The van der Waals surface area contributed by atoms with E-state index in [4.69, 9.17) is 9.47 Å². The second kappa shape index (κ2) is 9.23. The van der Waals surface area contributed by atoms with E-state index in [-0.39, 0.29) is 5.60 Å². The van der Waals surface area contributed by atoms with Gasteiger partial charge in [0.05, 0.1) is 18.7 Å². The minimum atomic E-state index is -0.261. The summed E-state index contributed by atoms with van der Waals surface area (Å²) in [5.41, 5.74) is -0.261. The van der Waals surface area contributed by atoms with Crippen LogP contribution < -0.4 is 15.4 Å². The molecule has 0 atom stereocenters. The molecule has 5 heteroatoms. The molecule has 21 heavy (non-hydrogen) atoms. The number of aliphatic imine (C=N–C) groups is 1. The lowest BCUT2D eigenvalue weighted by Crippen LogP contribution is -2.40. The van der Waals surface area contributed by atoms with Crippen LogP contribution in [0.4, 0.5) is 0 Å². The van der Waals surface area contributed by atoms with Crippen molar-refractivity contribution in [1.82, 2.24) is 10.6 Å². The molecular weight excluding hydrogens is 266 g/mol. The molecule has 0 aromatic heterocycles. The van der Waals surface area contributed by atoms with Gasteiger partial charge in [0.2, 0.25) is 0 Å². The third-order valence-corrected chi connectivity index (χ3v) is 2.92. The Bertz CT molecular complexity index is 419. The van der Waals surface area contributed by atoms with Crippen LogP contribution in [-0.4, -0.2) is 44.9 Å². The number of hydrogen-bond donors (Lipinski definition) is 2. The molecule has 0 radical (unpaired) electrons. The van der Waals surface area contributed by atoms with Crippen molar-refractivity contribution < 1.29 is 9.47 Å². The second-order valence-corrected chi connectivity index (χ2v) is 5.25. The summed E-state index contributed by atoms with van der Waals surface area (Å²) < 4.78 is 11.0. The molecule has 0 amide bonds. The van der Waals surface area contributed by atoms with E-state index in [1.54, 1.807) is 7.11 Å². The molecule has 1 aromatic carbocycles. The largest absolute Gasteiger partial charge is 0.492 e. The number of para-hydroxylation sites is 1. The lowest BCUT2D eigenvalue weighted by molar-refractivity contribution is 0.0310. The summed E-state index contributed by atoms with van der Waals surface area (Å²) in [7, 11) is 1.70. The minimum Gasteiger partial charge on any atom is -0.492 e. The molecule has 0 bridgehead atoms. The molecule has 0 saturated carbocycles. The Kier molecular flexibility index (Phi) is 7.61. The maximum atomic E-state index is 5.63. The highest BCUT2D eigenvalue weighted by Gasteiger charge is 2.15. The number of hydrogen-bond acceptors (Lipinski definition) is 3. The summed E-state index contributed by atoms with van der Waals surface area (Å²) in [5, 5.41) is 6.45. The van der Waals surface area contributed by atoms with Crippen molar-refractivity contribution >= 4 is 5.96 Å². The van der Waals surface area contributed by atoms with Crippen LogP contribution in [0.15, 0.2) is 35.3 Å². The third-order valence-electron chi connectivity index (χ3n) is 2.92. The number of benzene rings is 1. The zero-order chi connectivity index (χ0) is 15.6. The summed E-state index contributed by atoms with van der Waals surface area (Å²) >= 11 is 0. The minimum absolute atomic E-state index is 0.261. The van der Waals surface area contributed by atoms with Gasteiger partial charge in [0, 0.05) is 13.7 Å². The van der Waals surface area contributed by atoms with Gasteiger partial charge in [-0.25, -0.2) is 0 Å². The molecule has 0 unspecified atom stereocenters. The van der Waals surface area contributed by atoms with Crippen molar-refractivity contribution in [3.8, 4) is 5.75 Å². The van der Waals surface area contributed by atoms with Gasteiger partial charge in [0.1, 0.15) is 12.4 Å². The van der Waals surface area contributed by atoms with Crippen molar-refractivity contribution in [3.63, 3.8) is 0 Å². The Hall–Kier alpha value is -1.75. The molecule has 0 aliphatic rings. The maximum absolute atomic E-state index is 5.63. The van der Waals surface area contributed by atoms with E-state index < -0.39 is 0 Å². The van der Waals surface area contributed by atoms with E-state index in [2.05, 4.69) is 15.6 Å². The highest BCUT2D eigenvalue weighted by Crippen LogP contribution is 2.08. The topological polar surface area (TPSA) is 54.9 Å². The fourth-order valence-electron chi connectivity index (χ4n) is 1.53. The Morgan fingerprint density at radius 1 is 1.19 bits per heavy atom. The van der Waals surface area contributed by atoms with E-state index in [0.29, 0.717) is 19.7 Å². The molecule has 0 aliphatic heterocycles. The van der Waals surface area contributed by atoms with Crippen molar-refractivity contribution in [2.75, 3.05) is 33.4 Å². The molecule has 1 aromatic rings. The molecule has 0 saturated heterocycles. The third kappa shape index (κ3) is 7.56. The molecule has 5 nitrogen and oxygen atoms in total. The summed E-state index contributed by atoms with van der Waals surface area (Å²) in [6.45, 7) is 8.75. The van der Waals surface area contributed by atoms with Crippen LogP contribution in [0.25, 0.3) is 0 Å². The molecule has 0 fully saturated rings. The second-order valence-electron chi connectivity index (χ2n) is 5.25. The van der Waals surface area contributed by atoms with E-state index in [1.165, 1.54) is 0 Å². The van der Waals surface area contributed by atoms with Crippen LogP contribution >= 0.6 is 0 Å². The Morgan fingerprint density at radius 2 is 1.90 bits per heavy atom. The van der Waals surface area contributed by atoms with Crippen molar-refractivity contribution in [1.29, 1.82) is 0 Å². The van der Waals surface area contributed by atoms with E-state index in [1.807, 2.05) is 51.1 Å². The molecule has 0 heterocycles. The molecular formula is C16H27N3O2. The van der Waals surface area contributed by atoms with Gasteiger partial charge >= 0.3 is 0 Å². The van der Waals surface area contributed by atoms with Gasteiger partial charge in [-0.05, 0) is 32.9 Å². The first-order valence-corrected chi connectivity index (χ1v) is 7.32. The summed E-state index contributed by atoms with van der Waals surface area (Å²) in [6.07, 6.45) is 0. The molecule has 2 N–H and O–H groups in total. The van der Waals surface area contributed by atoms with Gasteiger partial charge in [-0.1, -0.05) is 18.2 Å². The Labute approximate surface area is 127 Å². The Morgan fingerprint density at radius 3 is 2.52 bits per heavy atom. The normalized spacial score (nSPS) is 12.1. The number of nitrogens with one attached hydrogen (secondary N) is 2. The summed E-state index contributed by atoms with van der Waals surface area (Å²) in [4.78, 5) is 4.51. The van der Waals surface area contributed by atoms with Gasteiger partial charge < -0.3 is 20.1 Å². The molecule has 0 spiro atoms. The maximum Gasteiger partial charge on any atom is 0.191 e. The quantitative estimate of drug-likeness (QED) is 0.437. The highest BCUT2D eigenvalue weighted by molar-refractivity contribution is 5.79. The van der Waals surface area contributed by atoms with Crippen LogP contribution in [0.1, 0.15) is 20.8 Å². The molecule has 118 valence electrons. The average molecular weight is 293 g/mol. The first-order valence-electron chi connectivity index (χ1n) is 7.32. The van der Waals surface area contributed by atoms with Crippen LogP contribution in [-0.2, 0) is 4.74 Å². The summed E-state index contributed by atoms with van der Waals surface area (Å²) in [5.74, 6) is 1.65. The van der Waals surface area contributed by atoms with Gasteiger partial charge in [-0.3, -0.25) is 4.99 Å². The van der Waals surface area contributed by atoms with Gasteiger partial charge in [0.15, 0.2) is 5.96 Å². The van der Waals surface area contributed by atoms with Gasteiger partial charge in [0.25, 0.3) is 0 Å². The van der Waals surface area contributed by atoms with E-state index >= 15 is 0 Å². The molecule has 1 rings (SSSR count). The predicted octanol–water partition coefficient (Wildman–Crippen LogP) is 2.05. The predicted molar refractivity (Wildman–Crippen MR) is 87.0 cm³/mol. The van der Waals surface area contributed by atoms with Crippen LogP contribution in [0.3, 0.4) is 0 Å². The standard InChI is InChI=1S/C16H27N3O2/c1-5-17-15(19-13-16(2,3)20-4)18-11-12-21-14-9-7-6-8-10-14/h6-10H,5,11-13H2,1-4H3,(H2,17,18,19). The van der Waals surface area contributed by atoms with E-state index in [0.717, 1.165) is 18.3 Å². The highest BCUT2D eigenvalue weighted by atomic mass is 16.5. The van der Waals surface area contributed by atoms with Crippen LogP contribution in [0.5, 0.6) is 5.75 Å². The number of methoxy groups -OCH3 is 1. The lowest BCUT2D eigenvalue weighted by atomic mass is 10.1. The fourth-order valence-corrected chi connectivity index (χ4v) is 1.53. The van der Waals surface area contributed by atoms with Gasteiger partial charge in [-0.2, -0.15) is 0 Å². The molecule has 0 aliphatic carbocycles. The van der Waals surface area contributed by atoms with E-state index in [9.17, 15) is 0 Å². The summed E-state index contributed by atoms with van der Waals surface area (Å²) in [6, 6.07) is 9.78. The first kappa shape index (κ1) is 17.3. The monoisotopic (exact) mass is 293 g/mol. The SMILES string of the molecule is CCNC(=NCC(C)(C)OC)NCCOc1ccccc1. The van der Waals surface area contributed by atoms with Crippen LogP contribution in [0.2, 0.25) is 0 Å². The van der Waals surface area contributed by atoms with Crippen molar-refractivity contribution in [2.24, 2.45) is 4.99 Å². The van der Waals surface area contributed by atoms with Crippen LogP contribution in [0, 0.1) is 0 Å². The van der Waals surface area contributed by atoms with Crippen molar-refractivity contribution in [2.45, 2.75) is 26.4 Å². The number of ether oxygens (including phenoxy) is 2. The van der Waals surface area contributed by atoms with Crippen molar-refractivity contribution in [3.05, 3.63) is 30.3 Å². The number of guanidine groups is 1. The first-order chi connectivity index (χ1) is 10.1. The number of rotatable bonds is 8. The van der Waals surface area contributed by atoms with Gasteiger partial charge in [-0.15, -0.1) is 0 Å². The zero-order valence-corrected chi connectivity index (χ0v) is 13.5. The number of nitrogens with zero attached hydrogens (tertiary/aromatic N) is 1. The lowest BCUT2D eigenvalue weighted by Gasteiger charge is -2.21. The fraction of sp³-hybridized carbons (Fsp3) is 0.562. The average Bonchev–Trinajstić information content (AvgIpc) is 2.50.